The molecule has 0 radical (unpaired) electrons. The van der Waals surface area contributed by atoms with Gasteiger partial charge in [-0.05, 0) is 39.8 Å². The van der Waals surface area contributed by atoms with Gasteiger partial charge in [0.15, 0.2) is 0 Å². The summed E-state index contributed by atoms with van der Waals surface area (Å²) in [6.45, 7) is 8.60. The molecular formula is C16H18ClN3O4Pt. The van der Waals surface area contributed by atoms with E-state index in [0.717, 1.165) is 0 Å². The van der Waals surface area contributed by atoms with Crippen molar-refractivity contribution in [2.24, 2.45) is 9.98 Å². The fraction of sp³-hybridized carbons (Fsp3) is 0.500. The number of non-ortho nitro benzene ring substituents is 1. The van der Waals surface area contributed by atoms with E-state index < -0.39 is 4.92 Å². The molecule has 0 fully saturated rings. The van der Waals surface area contributed by atoms with Crippen LogP contribution in [0.25, 0.3) is 0 Å². The van der Waals surface area contributed by atoms with Crippen molar-refractivity contribution in [2.45, 2.75) is 38.8 Å². The topological polar surface area (TPSA) is 86.3 Å². The Hall–Kier alpha value is -1.46. The second-order valence-corrected chi connectivity index (χ2v) is 6.96. The molecule has 1 aromatic carbocycles. The van der Waals surface area contributed by atoms with Crippen molar-refractivity contribution in [1.82, 2.24) is 0 Å². The molecule has 3 rings (SSSR count). The average Bonchev–Trinajstić information content (AvgIpc) is 3.10. The first kappa shape index (κ1) is 19.9. The van der Waals surface area contributed by atoms with E-state index in [1.54, 1.807) is 18.8 Å². The number of ether oxygens (including phenoxy) is 2. The van der Waals surface area contributed by atoms with Gasteiger partial charge < -0.3 is 9.47 Å². The van der Waals surface area contributed by atoms with Crippen molar-refractivity contribution in [3.63, 3.8) is 0 Å². The second kappa shape index (κ2) is 7.42. The van der Waals surface area contributed by atoms with Gasteiger partial charge in [-0.15, -0.1) is 6.07 Å². The van der Waals surface area contributed by atoms with Crippen LogP contribution in [-0.4, -0.2) is 41.0 Å². The number of hydrogen-bond acceptors (Lipinski definition) is 6. The molecule has 0 aliphatic carbocycles. The van der Waals surface area contributed by atoms with E-state index in [0.29, 0.717) is 36.1 Å². The molecular weight excluding hydrogens is 529 g/mol. The minimum absolute atomic E-state index is 0.0687. The summed E-state index contributed by atoms with van der Waals surface area (Å²) in [4.78, 5) is 19.7. The van der Waals surface area contributed by atoms with E-state index in [-0.39, 0.29) is 16.8 Å². The molecule has 0 saturated heterocycles. The average molecular weight is 547 g/mol. The van der Waals surface area contributed by atoms with Crippen LogP contribution in [0, 0.1) is 16.2 Å². The Morgan fingerprint density at radius 2 is 1.48 bits per heavy atom. The predicted octanol–water partition coefficient (Wildman–Crippen LogP) is 3.19. The Bertz CT molecular complexity index is 695. The van der Waals surface area contributed by atoms with Gasteiger partial charge in [0.1, 0.15) is 25.0 Å². The monoisotopic (exact) mass is 546 g/mol. The summed E-state index contributed by atoms with van der Waals surface area (Å²) < 4.78 is 11.1. The molecule has 7 nitrogen and oxygen atoms in total. The quantitative estimate of drug-likeness (QED) is 0.331. The summed E-state index contributed by atoms with van der Waals surface area (Å²) >= 11 is 1.61. The number of halogens is 1. The molecule has 2 heterocycles. The molecule has 0 N–H and O–H groups in total. The van der Waals surface area contributed by atoms with Crippen molar-refractivity contribution < 1.29 is 33.2 Å². The molecule has 2 aliphatic heterocycles. The number of nitrogens with zero attached hydrogens (tertiary/aromatic N) is 3. The van der Waals surface area contributed by atoms with E-state index in [2.05, 4.69) is 25.5 Å². The van der Waals surface area contributed by atoms with Crippen LogP contribution in [0.15, 0.2) is 22.1 Å². The van der Waals surface area contributed by atoms with Crippen LogP contribution in [0.1, 0.15) is 38.8 Å². The van der Waals surface area contributed by atoms with Gasteiger partial charge in [-0.2, -0.15) is 0 Å². The number of rotatable bonds is 3. The third-order valence-electron chi connectivity index (χ3n) is 3.46. The van der Waals surface area contributed by atoms with Crippen LogP contribution in [0.5, 0.6) is 0 Å². The van der Waals surface area contributed by atoms with E-state index in [1.165, 1.54) is 12.1 Å². The van der Waals surface area contributed by atoms with Crippen LogP contribution >= 0.6 is 9.42 Å². The summed E-state index contributed by atoms with van der Waals surface area (Å²) in [5, 5.41) is 11.2. The third kappa shape index (κ3) is 4.79. The molecule has 2 aliphatic rings. The first-order chi connectivity index (χ1) is 11.7. The summed E-state index contributed by atoms with van der Waals surface area (Å²) in [5.41, 5.74) is 0.113. The van der Waals surface area contributed by atoms with Crippen molar-refractivity contribution >= 4 is 26.9 Å². The molecule has 25 heavy (non-hydrogen) atoms. The molecule has 1 aromatic rings. The van der Waals surface area contributed by atoms with E-state index >= 15 is 0 Å². The number of nitro groups is 1. The SMILES string of the molecule is CC1(C)COC(c2[c-]c(C3=NC(C)(C)CO3)cc([N+](=O)[O-])c2)=N1.[Cl][Pt+]. The van der Waals surface area contributed by atoms with Crippen LogP contribution < -0.4 is 0 Å². The van der Waals surface area contributed by atoms with E-state index in [1.807, 2.05) is 27.7 Å². The van der Waals surface area contributed by atoms with Crippen molar-refractivity contribution in [3.8, 4) is 0 Å². The summed E-state index contributed by atoms with van der Waals surface area (Å²) in [5.74, 6) is 0.718. The van der Waals surface area contributed by atoms with Crippen LogP contribution in [-0.2, 0) is 28.2 Å². The zero-order valence-electron chi connectivity index (χ0n) is 14.2. The normalized spacial score (nSPS) is 19.8. The van der Waals surface area contributed by atoms with Gasteiger partial charge in [-0.3, -0.25) is 20.1 Å². The van der Waals surface area contributed by atoms with Gasteiger partial charge in [-0.25, -0.2) is 0 Å². The van der Waals surface area contributed by atoms with Gasteiger partial charge in [0.05, 0.1) is 11.1 Å². The third-order valence-corrected chi connectivity index (χ3v) is 3.46. The van der Waals surface area contributed by atoms with Gasteiger partial charge in [0, 0.05) is 4.92 Å². The molecule has 9 heteroatoms. The van der Waals surface area contributed by atoms with Gasteiger partial charge in [-0.1, -0.05) is 11.1 Å². The Balaban J connectivity index is 0.00000109. The number of benzene rings is 1. The van der Waals surface area contributed by atoms with E-state index in [4.69, 9.17) is 9.47 Å². The Kier molecular flexibility index (Phi) is 5.89. The Morgan fingerprint density at radius 1 is 1.08 bits per heavy atom. The molecule has 0 saturated carbocycles. The maximum atomic E-state index is 11.2. The van der Waals surface area contributed by atoms with E-state index in [9.17, 15) is 10.1 Å². The predicted molar refractivity (Wildman–Crippen MR) is 90.9 cm³/mol. The fourth-order valence-electron chi connectivity index (χ4n) is 2.34. The number of aliphatic imine (C=N–C) groups is 2. The molecule has 0 amide bonds. The zero-order valence-corrected chi connectivity index (χ0v) is 17.3. The first-order valence-electron chi connectivity index (χ1n) is 7.45. The zero-order chi connectivity index (χ0) is 18.8. The minimum atomic E-state index is -0.456. The van der Waals surface area contributed by atoms with Crippen molar-refractivity contribution in [1.29, 1.82) is 0 Å². The van der Waals surface area contributed by atoms with Gasteiger partial charge in [0.25, 0.3) is 0 Å². The molecule has 0 bridgehead atoms. The van der Waals surface area contributed by atoms with Crippen LogP contribution in [0.2, 0.25) is 0 Å². The fourth-order valence-corrected chi connectivity index (χ4v) is 2.34. The van der Waals surface area contributed by atoms with Gasteiger partial charge >= 0.3 is 28.2 Å². The van der Waals surface area contributed by atoms with Crippen molar-refractivity contribution in [3.05, 3.63) is 39.4 Å². The Labute approximate surface area is 161 Å². The van der Waals surface area contributed by atoms with Crippen molar-refractivity contribution in [2.75, 3.05) is 13.2 Å². The molecule has 0 atom stereocenters. The number of hydrogen-bond donors (Lipinski definition) is 0. The molecule has 0 aromatic heterocycles. The summed E-state index contributed by atoms with van der Waals surface area (Å²) in [7, 11) is 4.61. The van der Waals surface area contributed by atoms with Crippen LogP contribution in [0.4, 0.5) is 5.69 Å². The van der Waals surface area contributed by atoms with Gasteiger partial charge in [0.2, 0.25) is 5.69 Å². The summed E-state index contributed by atoms with van der Waals surface area (Å²) in [6, 6.07) is 5.90. The molecule has 0 unspecified atom stereocenters. The maximum absolute atomic E-state index is 11.2. The molecule has 138 valence electrons. The molecule has 0 spiro atoms. The standard InChI is InChI=1S/C16H18N3O4.ClH.Pt/c1-15(2)8-22-13(17-15)10-5-11(7-12(6-10)19(20)21)14-18-16(3,4)9-23-14;;/h6-7H,8-9H2,1-4H3;1H;/q-1;;+2/p-1. The number of nitro benzene ring substituents is 1. The second-order valence-electron chi connectivity index (χ2n) is 6.96. The first-order valence-corrected chi connectivity index (χ1v) is 10.3. The summed E-state index contributed by atoms with van der Waals surface area (Å²) in [6.07, 6.45) is 0. The Morgan fingerprint density at radius 3 is 1.76 bits per heavy atom. The van der Waals surface area contributed by atoms with Crippen LogP contribution in [0.3, 0.4) is 0 Å².